The van der Waals surface area contributed by atoms with Gasteiger partial charge in [-0.15, -0.1) is 0 Å². The summed E-state index contributed by atoms with van der Waals surface area (Å²) in [5.74, 6) is 1.80. The first-order valence-electron chi connectivity index (χ1n) is 6.90. The maximum absolute atomic E-state index is 11.9. The highest BCUT2D eigenvalue weighted by molar-refractivity contribution is 5.94. The topological polar surface area (TPSA) is 68.0 Å². The van der Waals surface area contributed by atoms with Gasteiger partial charge in [0.2, 0.25) is 5.89 Å². The number of aryl methyl sites for hydroxylation is 1. The average molecular weight is 271 g/mol. The number of amides is 1. The Balaban J connectivity index is 1.50. The summed E-state index contributed by atoms with van der Waals surface area (Å²) in [6, 6.07) is 7.53. The first-order valence-corrected chi connectivity index (χ1v) is 6.90. The standard InChI is InChI=1S/C15H17N3O2/c1-10-3-2-4-12(9-10)14(19)16-8-7-13-17-15(20-18-13)11-5-6-11/h2-4,9,11H,5-8H2,1H3,(H,16,19). The van der Waals surface area contributed by atoms with E-state index in [4.69, 9.17) is 4.52 Å². The molecule has 5 nitrogen and oxygen atoms in total. The number of rotatable bonds is 5. The summed E-state index contributed by atoms with van der Waals surface area (Å²) in [4.78, 5) is 16.3. The summed E-state index contributed by atoms with van der Waals surface area (Å²) in [5, 5.41) is 6.79. The Morgan fingerprint density at radius 3 is 3.05 bits per heavy atom. The molecule has 3 rings (SSSR count). The van der Waals surface area contributed by atoms with E-state index in [9.17, 15) is 4.79 Å². The van der Waals surface area contributed by atoms with E-state index in [1.54, 1.807) is 0 Å². The van der Waals surface area contributed by atoms with Crippen LogP contribution in [-0.2, 0) is 6.42 Å². The lowest BCUT2D eigenvalue weighted by atomic mass is 10.1. The molecule has 1 N–H and O–H groups in total. The molecule has 0 aliphatic heterocycles. The largest absolute Gasteiger partial charge is 0.352 e. The molecule has 2 aromatic rings. The molecule has 0 radical (unpaired) electrons. The summed E-state index contributed by atoms with van der Waals surface area (Å²) in [5.41, 5.74) is 1.75. The van der Waals surface area contributed by atoms with E-state index in [0.717, 1.165) is 24.3 Å². The number of nitrogens with one attached hydrogen (secondary N) is 1. The van der Waals surface area contributed by atoms with Crippen molar-refractivity contribution in [1.82, 2.24) is 15.5 Å². The zero-order valence-corrected chi connectivity index (χ0v) is 11.4. The van der Waals surface area contributed by atoms with Crippen LogP contribution in [-0.4, -0.2) is 22.6 Å². The predicted molar refractivity (Wildman–Crippen MR) is 73.5 cm³/mol. The van der Waals surface area contributed by atoms with Crippen molar-refractivity contribution in [2.24, 2.45) is 0 Å². The zero-order chi connectivity index (χ0) is 13.9. The molecule has 1 aromatic heterocycles. The Morgan fingerprint density at radius 1 is 1.45 bits per heavy atom. The number of carbonyl (C=O) groups is 1. The fourth-order valence-corrected chi connectivity index (χ4v) is 2.04. The minimum Gasteiger partial charge on any atom is -0.352 e. The second kappa shape index (κ2) is 5.45. The van der Waals surface area contributed by atoms with E-state index in [1.165, 1.54) is 0 Å². The normalized spacial score (nSPS) is 14.2. The minimum atomic E-state index is -0.0698. The third-order valence-electron chi connectivity index (χ3n) is 3.32. The van der Waals surface area contributed by atoms with Crippen LogP contribution in [0, 0.1) is 6.92 Å². The van der Waals surface area contributed by atoms with Gasteiger partial charge >= 0.3 is 0 Å². The van der Waals surface area contributed by atoms with Crippen LogP contribution >= 0.6 is 0 Å². The fourth-order valence-electron chi connectivity index (χ4n) is 2.04. The highest BCUT2D eigenvalue weighted by Gasteiger charge is 2.29. The first kappa shape index (κ1) is 12.8. The molecule has 1 aliphatic rings. The van der Waals surface area contributed by atoms with Crippen LogP contribution in [0.5, 0.6) is 0 Å². The molecule has 1 amide bonds. The first-order chi connectivity index (χ1) is 9.72. The van der Waals surface area contributed by atoms with E-state index in [2.05, 4.69) is 15.5 Å². The molecule has 20 heavy (non-hydrogen) atoms. The Bertz CT molecular complexity index is 617. The van der Waals surface area contributed by atoms with Crippen molar-refractivity contribution in [3.05, 3.63) is 47.1 Å². The monoisotopic (exact) mass is 271 g/mol. The van der Waals surface area contributed by atoms with Gasteiger partial charge in [-0.25, -0.2) is 0 Å². The molecule has 0 spiro atoms. The van der Waals surface area contributed by atoms with Crippen molar-refractivity contribution < 1.29 is 9.32 Å². The van der Waals surface area contributed by atoms with Crippen molar-refractivity contribution in [2.75, 3.05) is 6.54 Å². The van der Waals surface area contributed by atoms with Gasteiger partial charge in [-0.05, 0) is 31.9 Å². The van der Waals surface area contributed by atoms with Gasteiger partial charge in [0, 0.05) is 24.4 Å². The second-order valence-electron chi connectivity index (χ2n) is 5.20. The van der Waals surface area contributed by atoms with Gasteiger partial charge in [0.25, 0.3) is 5.91 Å². The zero-order valence-electron chi connectivity index (χ0n) is 11.4. The Hall–Kier alpha value is -2.17. The Labute approximate surface area is 117 Å². The van der Waals surface area contributed by atoms with Crippen LogP contribution in [0.4, 0.5) is 0 Å². The van der Waals surface area contributed by atoms with Crippen LogP contribution in [0.1, 0.15) is 46.4 Å². The Kier molecular flexibility index (Phi) is 3.50. The summed E-state index contributed by atoms with van der Waals surface area (Å²) in [6.45, 7) is 2.48. The maximum Gasteiger partial charge on any atom is 0.251 e. The molecular formula is C15H17N3O2. The number of benzene rings is 1. The summed E-state index contributed by atoms with van der Waals surface area (Å²) >= 11 is 0. The molecule has 0 atom stereocenters. The summed E-state index contributed by atoms with van der Waals surface area (Å²) < 4.78 is 5.17. The van der Waals surface area contributed by atoms with Crippen LogP contribution in [0.2, 0.25) is 0 Å². The number of nitrogens with zero attached hydrogens (tertiary/aromatic N) is 2. The smallest absolute Gasteiger partial charge is 0.251 e. The van der Waals surface area contributed by atoms with Crippen molar-refractivity contribution in [3.63, 3.8) is 0 Å². The van der Waals surface area contributed by atoms with E-state index in [-0.39, 0.29) is 5.91 Å². The number of hydrogen-bond acceptors (Lipinski definition) is 4. The van der Waals surface area contributed by atoms with Gasteiger partial charge in [0.1, 0.15) is 0 Å². The summed E-state index contributed by atoms with van der Waals surface area (Å²) in [6.07, 6.45) is 2.88. The molecule has 0 bridgehead atoms. The molecule has 1 saturated carbocycles. The minimum absolute atomic E-state index is 0.0698. The third kappa shape index (κ3) is 3.04. The number of carbonyl (C=O) groups excluding carboxylic acids is 1. The lowest BCUT2D eigenvalue weighted by Gasteiger charge is -2.04. The van der Waals surface area contributed by atoms with Crippen molar-refractivity contribution >= 4 is 5.91 Å². The number of hydrogen-bond donors (Lipinski definition) is 1. The van der Waals surface area contributed by atoms with Crippen molar-refractivity contribution in [2.45, 2.75) is 32.1 Å². The molecule has 0 saturated heterocycles. The van der Waals surface area contributed by atoms with Crippen LogP contribution < -0.4 is 5.32 Å². The lowest BCUT2D eigenvalue weighted by Crippen LogP contribution is -2.25. The van der Waals surface area contributed by atoms with Crippen LogP contribution in [0.25, 0.3) is 0 Å². The Morgan fingerprint density at radius 2 is 2.30 bits per heavy atom. The third-order valence-corrected chi connectivity index (χ3v) is 3.32. The van der Waals surface area contributed by atoms with Gasteiger partial charge in [-0.3, -0.25) is 4.79 Å². The van der Waals surface area contributed by atoms with E-state index < -0.39 is 0 Å². The van der Waals surface area contributed by atoms with Gasteiger partial charge in [-0.1, -0.05) is 22.9 Å². The molecule has 104 valence electrons. The summed E-state index contributed by atoms with van der Waals surface area (Å²) in [7, 11) is 0. The van der Waals surface area contributed by atoms with Crippen LogP contribution in [0.3, 0.4) is 0 Å². The molecule has 0 unspecified atom stereocenters. The average Bonchev–Trinajstić information content (AvgIpc) is 3.19. The number of aromatic nitrogens is 2. The fraction of sp³-hybridized carbons (Fsp3) is 0.400. The quantitative estimate of drug-likeness (QED) is 0.905. The predicted octanol–water partition coefficient (Wildman–Crippen LogP) is 2.23. The van der Waals surface area contributed by atoms with E-state index in [0.29, 0.717) is 30.3 Å². The molecule has 5 heteroatoms. The van der Waals surface area contributed by atoms with Crippen molar-refractivity contribution in [1.29, 1.82) is 0 Å². The van der Waals surface area contributed by atoms with Gasteiger partial charge in [0.05, 0.1) is 0 Å². The van der Waals surface area contributed by atoms with Crippen molar-refractivity contribution in [3.8, 4) is 0 Å². The van der Waals surface area contributed by atoms with Gasteiger partial charge in [-0.2, -0.15) is 4.98 Å². The SMILES string of the molecule is Cc1cccc(C(=O)NCCc2noc(C3CC3)n2)c1. The molecule has 1 aromatic carbocycles. The molecule has 1 heterocycles. The van der Waals surface area contributed by atoms with Gasteiger partial charge < -0.3 is 9.84 Å². The van der Waals surface area contributed by atoms with Gasteiger partial charge in [0.15, 0.2) is 5.82 Å². The highest BCUT2D eigenvalue weighted by atomic mass is 16.5. The highest BCUT2D eigenvalue weighted by Crippen LogP contribution is 2.38. The maximum atomic E-state index is 11.9. The molecular weight excluding hydrogens is 254 g/mol. The molecule has 1 aliphatic carbocycles. The lowest BCUT2D eigenvalue weighted by molar-refractivity contribution is 0.0954. The van der Waals surface area contributed by atoms with E-state index in [1.807, 2.05) is 31.2 Å². The molecule has 1 fully saturated rings. The van der Waals surface area contributed by atoms with Crippen LogP contribution in [0.15, 0.2) is 28.8 Å². The second-order valence-corrected chi connectivity index (χ2v) is 5.20. The van der Waals surface area contributed by atoms with E-state index >= 15 is 0 Å².